The van der Waals surface area contributed by atoms with Gasteiger partial charge in [-0.3, -0.25) is 14.8 Å². The second-order valence-electron chi connectivity index (χ2n) is 7.05. The van der Waals surface area contributed by atoms with E-state index in [4.69, 9.17) is 5.21 Å². The highest BCUT2D eigenvalue weighted by Gasteiger charge is 2.27. The third-order valence-corrected chi connectivity index (χ3v) is 5.60. The minimum absolute atomic E-state index is 0.232. The molecule has 0 aliphatic carbocycles. The van der Waals surface area contributed by atoms with E-state index in [-0.39, 0.29) is 18.9 Å². The topological polar surface area (TPSA) is 89.9 Å². The van der Waals surface area contributed by atoms with E-state index in [0.29, 0.717) is 12.0 Å². The highest BCUT2D eigenvalue weighted by Crippen LogP contribution is 2.20. The van der Waals surface area contributed by atoms with E-state index >= 15 is 0 Å². The number of benzene rings is 2. The van der Waals surface area contributed by atoms with E-state index < -0.39 is 17.9 Å². The van der Waals surface area contributed by atoms with Gasteiger partial charge in [-0.25, -0.2) is 5.48 Å². The predicted molar refractivity (Wildman–Crippen MR) is 115 cm³/mol. The summed E-state index contributed by atoms with van der Waals surface area (Å²) in [5.74, 6) is -1.24. The van der Waals surface area contributed by atoms with E-state index in [9.17, 15) is 14.7 Å². The van der Waals surface area contributed by atoms with Gasteiger partial charge in [0.25, 0.3) is 5.91 Å². The minimum atomic E-state index is -0.537. The zero-order chi connectivity index (χ0) is 21.2. The number of aliphatic hydroxyl groups excluding tert-OH is 1. The van der Waals surface area contributed by atoms with Crippen LogP contribution < -0.4 is 5.48 Å². The zero-order valence-corrected chi connectivity index (χ0v) is 18.0. The molecule has 0 aromatic heterocycles. The SMILES string of the molecule is CN(C(=O)c1ccc(Br)cc1)[C@H](CO)C[C@H](CCCc1ccccc1)C(=O)NO. The molecule has 6 nitrogen and oxygen atoms in total. The fourth-order valence-corrected chi connectivity index (χ4v) is 3.55. The van der Waals surface area contributed by atoms with Crippen LogP contribution in [-0.4, -0.2) is 46.7 Å². The maximum atomic E-state index is 12.7. The summed E-state index contributed by atoms with van der Waals surface area (Å²) in [6, 6.07) is 16.4. The quantitative estimate of drug-likeness (QED) is 0.372. The average molecular weight is 463 g/mol. The van der Waals surface area contributed by atoms with Crippen LogP contribution in [0.1, 0.15) is 35.2 Å². The van der Waals surface area contributed by atoms with Crippen LogP contribution in [0.15, 0.2) is 59.1 Å². The molecule has 0 saturated carbocycles. The first-order valence-corrected chi connectivity index (χ1v) is 10.4. The van der Waals surface area contributed by atoms with Crippen LogP contribution in [0, 0.1) is 5.92 Å². The first-order chi connectivity index (χ1) is 14.0. The van der Waals surface area contributed by atoms with E-state index in [2.05, 4.69) is 15.9 Å². The molecular weight excluding hydrogens is 436 g/mol. The summed E-state index contributed by atoms with van der Waals surface area (Å²) >= 11 is 3.34. The molecule has 156 valence electrons. The molecule has 2 aromatic carbocycles. The van der Waals surface area contributed by atoms with Crippen molar-refractivity contribution in [2.24, 2.45) is 5.92 Å². The second kappa shape index (κ2) is 11.7. The minimum Gasteiger partial charge on any atom is -0.394 e. The van der Waals surface area contributed by atoms with Crippen molar-refractivity contribution in [1.82, 2.24) is 10.4 Å². The Hall–Kier alpha value is -2.22. The van der Waals surface area contributed by atoms with Gasteiger partial charge in [0.1, 0.15) is 0 Å². The van der Waals surface area contributed by atoms with Crippen molar-refractivity contribution < 1.29 is 19.9 Å². The van der Waals surface area contributed by atoms with Crippen molar-refractivity contribution in [3.8, 4) is 0 Å². The Morgan fingerprint density at radius 2 is 1.76 bits per heavy atom. The summed E-state index contributed by atoms with van der Waals surface area (Å²) in [6.45, 7) is -0.271. The Balaban J connectivity index is 2.01. The molecule has 0 bridgehead atoms. The molecule has 0 aliphatic rings. The van der Waals surface area contributed by atoms with E-state index in [1.165, 1.54) is 10.5 Å². The first-order valence-electron chi connectivity index (χ1n) is 9.57. The van der Waals surface area contributed by atoms with Crippen LogP contribution in [0.3, 0.4) is 0 Å². The molecule has 2 amide bonds. The van der Waals surface area contributed by atoms with Crippen LogP contribution in [0.2, 0.25) is 0 Å². The maximum absolute atomic E-state index is 12.7. The van der Waals surface area contributed by atoms with Crippen molar-refractivity contribution in [1.29, 1.82) is 0 Å². The number of hydrogen-bond donors (Lipinski definition) is 3. The summed E-state index contributed by atoms with van der Waals surface area (Å²) in [6.07, 6.45) is 2.37. The number of hydrogen-bond acceptors (Lipinski definition) is 4. The number of likely N-dealkylation sites (N-methyl/N-ethyl adjacent to an activating group) is 1. The number of carbonyl (C=O) groups is 2. The lowest BCUT2D eigenvalue weighted by atomic mass is 9.92. The number of carbonyl (C=O) groups excluding carboxylic acids is 2. The number of amides is 2. The van der Waals surface area contributed by atoms with Gasteiger partial charge >= 0.3 is 0 Å². The predicted octanol–water partition coefficient (Wildman–Crippen LogP) is 3.42. The van der Waals surface area contributed by atoms with Gasteiger partial charge in [0.05, 0.1) is 12.6 Å². The second-order valence-corrected chi connectivity index (χ2v) is 7.96. The smallest absolute Gasteiger partial charge is 0.253 e. The molecule has 0 fully saturated rings. The maximum Gasteiger partial charge on any atom is 0.253 e. The summed E-state index contributed by atoms with van der Waals surface area (Å²) in [7, 11) is 1.61. The van der Waals surface area contributed by atoms with Gasteiger partial charge in [-0.1, -0.05) is 46.3 Å². The van der Waals surface area contributed by atoms with Gasteiger partial charge < -0.3 is 10.0 Å². The summed E-state index contributed by atoms with van der Waals surface area (Å²) in [5.41, 5.74) is 3.40. The van der Waals surface area contributed by atoms with Gasteiger partial charge in [-0.15, -0.1) is 0 Å². The van der Waals surface area contributed by atoms with E-state index in [1.807, 2.05) is 30.3 Å². The molecule has 0 unspecified atom stereocenters. The number of halogens is 1. The Morgan fingerprint density at radius 3 is 2.34 bits per heavy atom. The molecule has 3 N–H and O–H groups in total. The van der Waals surface area contributed by atoms with Crippen LogP contribution in [-0.2, 0) is 11.2 Å². The molecule has 0 saturated heterocycles. The third kappa shape index (κ3) is 6.96. The van der Waals surface area contributed by atoms with Gasteiger partial charge in [0.15, 0.2) is 0 Å². The molecule has 0 radical (unpaired) electrons. The van der Waals surface area contributed by atoms with Gasteiger partial charge in [0, 0.05) is 23.0 Å². The Kier molecular flexibility index (Phi) is 9.31. The van der Waals surface area contributed by atoms with Crippen molar-refractivity contribution in [2.45, 2.75) is 31.7 Å². The van der Waals surface area contributed by atoms with Crippen molar-refractivity contribution in [2.75, 3.05) is 13.7 Å². The molecule has 0 heterocycles. The Bertz CT molecular complexity index is 783. The molecule has 7 heteroatoms. The Labute approximate surface area is 179 Å². The number of nitrogens with one attached hydrogen (secondary N) is 1. The molecule has 29 heavy (non-hydrogen) atoms. The molecular formula is C22H27BrN2O4. The standard InChI is InChI=1S/C22H27BrN2O4/c1-25(22(28)17-10-12-19(23)13-11-17)20(15-26)14-18(21(27)24-29)9-5-8-16-6-3-2-4-7-16/h2-4,6-7,10-13,18,20,26,29H,5,8-9,14-15H2,1H3,(H,24,27)/t18-,20-/m0/s1. The van der Waals surface area contributed by atoms with Crippen molar-refractivity contribution in [3.63, 3.8) is 0 Å². The fourth-order valence-electron chi connectivity index (χ4n) is 3.29. The molecule has 2 atom stereocenters. The van der Waals surface area contributed by atoms with Crippen molar-refractivity contribution in [3.05, 3.63) is 70.2 Å². The highest BCUT2D eigenvalue weighted by atomic mass is 79.9. The summed E-state index contributed by atoms with van der Waals surface area (Å²) < 4.78 is 0.869. The Morgan fingerprint density at radius 1 is 1.10 bits per heavy atom. The number of aryl methyl sites for hydroxylation is 1. The third-order valence-electron chi connectivity index (χ3n) is 5.07. The van der Waals surface area contributed by atoms with Gasteiger partial charge in [-0.2, -0.15) is 0 Å². The van der Waals surface area contributed by atoms with E-state index in [0.717, 1.165) is 17.3 Å². The summed E-state index contributed by atoms with van der Waals surface area (Å²) in [5, 5.41) is 19.0. The normalized spacial score (nSPS) is 12.8. The van der Waals surface area contributed by atoms with Gasteiger partial charge in [-0.05, 0) is 55.5 Å². The lowest BCUT2D eigenvalue weighted by Gasteiger charge is -2.29. The largest absolute Gasteiger partial charge is 0.394 e. The highest BCUT2D eigenvalue weighted by molar-refractivity contribution is 9.10. The van der Waals surface area contributed by atoms with Crippen LogP contribution in [0.4, 0.5) is 0 Å². The number of aliphatic hydroxyl groups is 1. The fraction of sp³-hybridized carbons (Fsp3) is 0.364. The van der Waals surface area contributed by atoms with Crippen LogP contribution >= 0.6 is 15.9 Å². The zero-order valence-electron chi connectivity index (χ0n) is 16.4. The van der Waals surface area contributed by atoms with E-state index in [1.54, 1.807) is 36.8 Å². The van der Waals surface area contributed by atoms with Gasteiger partial charge in [0.2, 0.25) is 5.91 Å². The monoisotopic (exact) mass is 462 g/mol. The number of nitrogens with zero attached hydrogens (tertiary/aromatic N) is 1. The van der Waals surface area contributed by atoms with Crippen LogP contribution in [0.5, 0.6) is 0 Å². The molecule has 2 aromatic rings. The molecule has 0 aliphatic heterocycles. The number of hydroxylamine groups is 1. The molecule has 2 rings (SSSR count). The molecule has 0 spiro atoms. The van der Waals surface area contributed by atoms with Crippen LogP contribution in [0.25, 0.3) is 0 Å². The average Bonchev–Trinajstić information content (AvgIpc) is 2.76. The summed E-state index contributed by atoms with van der Waals surface area (Å²) in [4.78, 5) is 26.3. The number of rotatable bonds is 10. The first kappa shape index (κ1) is 23.1. The lowest BCUT2D eigenvalue weighted by Crippen LogP contribution is -2.43. The van der Waals surface area contributed by atoms with Crippen molar-refractivity contribution >= 4 is 27.7 Å². The lowest BCUT2D eigenvalue weighted by molar-refractivity contribution is -0.134.